The molecule has 1 aromatic heterocycles. The molecular formula is C13H12Cl2FN3. The predicted molar refractivity (Wildman–Crippen MR) is 78.3 cm³/mol. The van der Waals surface area contributed by atoms with Gasteiger partial charge < -0.3 is 10.2 Å². The molecule has 19 heavy (non-hydrogen) atoms. The third-order valence-electron chi connectivity index (χ3n) is 2.68. The van der Waals surface area contributed by atoms with Crippen LogP contribution in [0.1, 0.15) is 0 Å². The second-order valence-electron chi connectivity index (χ2n) is 3.91. The first-order valence-corrected chi connectivity index (χ1v) is 6.31. The van der Waals surface area contributed by atoms with Crippen molar-refractivity contribution in [2.75, 3.05) is 24.3 Å². The van der Waals surface area contributed by atoms with Gasteiger partial charge in [-0.1, -0.05) is 23.2 Å². The minimum atomic E-state index is -0.289. The van der Waals surface area contributed by atoms with Crippen LogP contribution in [0.15, 0.2) is 30.3 Å². The van der Waals surface area contributed by atoms with E-state index in [1.807, 2.05) is 0 Å². The summed E-state index contributed by atoms with van der Waals surface area (Å²) in [7, 11) is 3.53. The van der Waals surface area contributed by atoms with E-state index >= 15 is 0 Å². The lowest BCUT2D eigenvalue weighted by atomic mass is 10.3. The molecule has 3 nitrogen and oxygen atoms in total. The van der Waals surface area contributed by atoms with Gasteiger partial charge in [0.05, 0.1) is 10.0 Å². The Labute approximate surface area is 121 Å². The Morgan fingerprint density at radius 3 is 2.37 bits per heavy atom. The molecule has 0 saturated heterocycles. The fraction of sp³-hybridized carbons (Fsp3) is 0.154. The number of rotatable bonds is 3. The van der Waals surface area contributed by atoms with E-state index in [0.717, 1.165) is 5.69 Å². The standard InChI is InChI=1S/C13H12Cl2FN3/c1-17-12-10(14)7-11(15)13(18-12)19(2)9-5-3-8(16)4-6-9/h3-7H,1-2H3,(H,17,18). The number of aromatic nitrogens is 1. The molecule has 100 valence electrons. The number of halogens is 3. The molecule has 1 heterocycles. The zero-order valence-corrected chi connectivity index (χ0v) is 11.9. The number of pyridine rings is 1. The first kappa shape index (κ1) is 13.9. The number of hydrogen-bond donors (Lipinski definition) is 1. The maximum absolute atomic E-state index is 12.9. The molecule has 0 saturated carbocycles. The molecule has 0 aliphatic carbocycles. The lowest BCUT2D eigenvalue weighted by Crippen LogP contribution is -2.12. The van der Waals surface area contributed by atoms with Gasteiger partial charge in [-0.15, -0.1) is 0 Å². The minimum absolute atomic E-state index is 0.289. The zero-order chi connectivity index (χ0) is 14.0. The summed E-state index contributed by atoms with van der Waals surface area (Å²) in [5, 5.41) is 3.76. The Morgan fingerprint density at radius 1 is 1.16 bits per heavy atom. The SMILES string of the molecule is CNc1nc(N(C)c2ccc(F)cc2)c(Cl)cc1Cl. The van der Waals surface area contributed by atoms with E-state index in [9.17, 15) is 4.39 Å². The van der Waals surface area contributed by atoms with E-state index in [1.165, 1.54) is 12.1 Å². The summed E-state index contributed by atoms with van der Waals surface area (Å²) >= 11 is 12.1. The van der Waals surface area contributed by atoms with Crippen molar-refractivity contribution < 1.29 is 4.39 Å². The van der Waals surface area contributed by atoms with E-state index in [2.05, 4.69) is 10.3 Å². The average Bonchev–Trinajstić information content (AvgIpc) is 2.39. The molecule has 2 rings (SSSR count). The lowest BCUT2D eigenvalue weighted by Gasteiger charge is -2.20. The van der Waals surface area contributed by atoms with Gasteiger partial charge in [-0.3, -0.25) is 0 Å². The largest absolute Gasteiger partial charge is 0.372 e. The third-order valence-corrected chi connectivity index (χ3v) is 3.25. The van der Waals surface area contributed by atoms with Crippen molar-refractivity contribution in [3.05, 3.63) is 46.2 Å². The van der Waals surface area contributed by atoms with Crippen molar-refractivity contribution in [3.8, 4) is 0 Å². The highest BCUT2D eigenvalue weighted by molar-refractivity contribution is 6.37. The highest BCUT2D eigenvalue weighted by Gasteiger charge is 2.13. The van der Waals surface area contributed by atoms with Crippen molar-refractivity contribution in [2.45, 2.75) is 0 Å². The van der Waals surface area contributed by atoms with Crippen LogP contribution in [0.2, 0.25) is 10.0 Å². The molecule has 6 heteroatoms. The van der Waals surface area contributed by atoms with Crippen molar-refractivity contribution >= 4 is 40.5 Å². The normalized spacial score (nSPS) is 10.4. The van der Waals surface area contributed by atoms with Crippen LogP contribution < -0.4 is 10.2 Å². The molecule has 0 radical (unpaired) electrons. The van der Waals surface area contributed by atoms with Gasteiger partial charge in [-0.05, 0) is 30.3 Å². The second kappa shape index (κ2) is 5.63. The van der Waals surface area contributed by atoms with Gasteiger partial charge in [0.25, 0.3) is 0 Å². The molecule has 0 aliphatic heterocycles. The number of nitrogens with zero attached hydrogens (tertiary/aromatic N) is 2. The van der Waals surface area contributed by atoms with Crippen LogP contribution in [0, 0.1) is 5.82 Å². The lowest BCUT2D eigenvalue weighted by molar-refractivity contribution is 0.628. The maximum atomic E-state index is 12.9. The van der Waals surface area contributed by atoms with Gasteiger partial charge in [0.1, 0.15) is 11.6 Å². The van der Waals surface area contributed by atoms with E-state index in [1.54, 1.807) is 37.2 Å². The fourth-order valence-corrected chi connectivity index (χ4v) is 2.23. The quantitative estimate of drug-likeness (QED) is 0.914. The Kier molecular flexibility index (Phi) is 4.12. The monoisotopic (exact) mass is 299 g/mol. The van der Waals surface area contributed by atoms with Crippen LogP contribution in [-0.4, -0.2) is 19.1 Å². The molecule has 0 bridgehead atoms. The van der Waals surface area contributed by atoms with Gasteiger partial charge >= 0.3 is 0 Å². The van der Waals surface area contributed by atoms with Crippen molar-refractivity contribution in [1.82, 2.24) is 4.98 Å². The van der Waals surface area contributed by atoms with Gasteiger partial charge in [-0.2, -0.15) is 0 Å². The van der Waals surface area contributed by atoms with E-state index in [4.69, 9.17) is 23.2 Å². The van der Waals surface area contributed by atoms with Gasteiger partial charge in [0.2, 0.25) is 0 Å². The molecule has 0 amide bonds. The topological polar surface area (TPSA) is 28.2 Å². The van der Waals surface area contributed by atoms with Crippen molar-refractivity contribution in [2.24, 2.45) is 0 Å². The summed E-state index contributed by atoms with van der Waals surface area (Å²) < 4.78 is 12.9. The molecule has 0 atom stereocenters. The van der Waals surface area contributed by atoms with Crippen LogP contribution in [0.5, 0.6) is 0 Å². The van der Waals surface area contributed by atoms with Gasteiger partial charge in [0, 0.05) is 19.8 Å². The average molecular weight is 300 g/mol. The number of nitrogens with one attached hydrogen (secondary N) is 1. The first-order chi connectivity index (χ1) is 9.02. The molecule has 0 spiro atoms. The minimum Gasteiger partial charge on any atom is -0.372 e. The third kappa shape index (κ3) is 2.91. The summed E-state index contributed by atoms with van der Waals surface area (Å²) in [5.41, 5.74) is 0.778. The highest BCUT2D eigenvalue weighted by Crippen LogP contribution is 2.33. The highest BCUT2D eigenvalue weighted by atomic mass is 35.5. The summed E-state index contributed by atoms with van der Waals surface area (Å²) in [5.74, 6) is 0.792. The van der Waals surface area contributed by atoms with Crippen molar-refractivity contribution in [3.63, 3.8) is 0 Å². The number of benzene rings is 1. The fourth-order valence-electron chi connectivity index (χ4n) is 1.65. The maximum Gasteiger partial charge on any atom is 0.154 e. The van der Waals surface area contributed by atoms with Gasteiger partial charge in [-0.25, -0.2) is 9.37 Å². The Morgan fingerprint density at radius 2 is 1.79 bits per heavy atom. The predicted octanol–water partition coefficient (Wildman–Crippen LogP) is 4.34. The van der Waals surface area contributed by atoms with Crippen LogP contribution in [-0.2, 0) is 0 Å². The molecule has 0 aliphatic rings. The Balaban J connectivity index is 2.43. The van der Waals surface area contributed by atoms with Crippen molar-refractivity contribution in [1.29, 1.82) is 0 Å². The molecule has 0 unspecified atom stereocenters. The molecule has 1 N–H and O–H groups in total. The van der Waals surface area contributed by atoms with Crippen LogP contribution >= 0.6 is 23.2 Å². The van der Waals surface area contributed by atoms with Crippen LogP contribution in [0.25, 0.3) is 0 Å². The smallest absolute Gasteiger partial charge is 0.154 e. The number of anilines is 3. The summed E-state index contributed by atoms with van der Waals surface area (Å²) in [6, 6.07) is 7.70. The van der Waals surface area contributed by atoms with Crippen LogP contribution in [0.4, 0.5) is 21.7 Å². The van der Waals surface area contributed by atoms with E-state index < -0.39 is 0 Å². The second-order valence-corrected chi connectivity index (χ2v) is 4.72. The van der Waals surface area contributed by atoms with Gasteiger partial charge in [0.15, 0.2) is 5.82 Å². The Bertz CT molecular complexity index is 587. The molecule has 2 aromatic rings. The van der Waals surface area contributed by atoms with Crippen LogP contribution in [0.3, 0.4) is 0 Å². The summed E-state index contributed by atoms with van der Waals surface area (Å²) in [4.78, 5) is 6.11. The Hall–Kier alpha value is -1.52. The van der Waals surface area contributed by atoms with E-state index in [-0.39, 0.29) is 5.82 Å². The zero-order valence-electron chi connectivity index (χ0n) is 10.4. The summed E-state index contributed by atoms with van der Waals surface area (Å²) in [6.45, 7) is 0. The summed E-state index contributed by atoms with van der Waals surface area (Å²) in [6.07, 6.45) is 0. The molecular weight excluding hydrogens is 288 g/mol. The number of hydrogen-bond acceptors (Lipinski definition) is 3. The van der Waals surface area contributed by atoms with E-state index in [0.29, 0.717) is 21.7 Å². The molecule has 1 aromatic carbocycles. The molecule has 0 fully saturated rings. The first-order valence-electron chi connectivity index (χ1n) is 5.56.